The summed E-state index contributed by atoms with van der Waals surface area (Å²) < 4.78 is 46.6. The average Bonchev–Trinajstić information content (AvgIpc) is 2.15. The maximum absolute atomic E-state index is 12.3. The Bertz CT molecular complexity index is 568. The number of alkyl halides is 2. The number of rotatable bonds is 2. The minimum absolute atomic E-state index is 0.562. The molecule has 0 saturated heterocycles. The van der Waals surface area contributed by atoms with E-state index in [0.717, 1.165) is 0 Å². The second kappa shape index (κ2) is 4.49. The fourth-order valence-corrected chi connectivity index (χ4v) is 2.14. The first-order valence-electron chi connectivity index (χ1n) is 3.60. The fraction of sp³-hybridized carbons (Fsp3) is 0.143. The quantitative estimate of drug-likeness (QED) is 0.783. The zero-order valence-electron chi connectivity index (χ0n) is 7.29. The molecule has 0 unspecified atom stereocenters. The van der Waals surface area contributed by atoms with Crippen LogP contribution in [0.15, 0.2) is 11.0 Å². The summed E-state index contributed by atoms with van der Waals surface area (Å²) in [5.74, 6) is 0. The van der Waals surface area contributed by atoms with Gasteiger partial charge in [-0.05, 0) is 6.07 Å². The van der Waals surface area contributed by atoms with E-state index < -0.39 is 36.8 Å². The number of hydrogen-bond donors (Lipinski definition) is 0. The van der Waals surface area contributed by atoms with E-state index in [9.17, 15) is 17.2 Å². The van der Waals surface area contributed by atoms with Crippen molar-refractivity contribution in [3.8, 4) is 6.07 Å². The summed E-state index contributed by atoms with van der Waals surface area (Å²) in [6.45, 7) is 0. The average molecular weight is 287 g/mol. The molecule has 0 aliphatic carbocycles. The van der Waals surface area contributed by atoms with Gasteiger partial charge in [0.1, 0.15) is 16.7 Å². The Hall–Kier alpha value is -0.970. The van der Waals surface area contributed by atoms with E-state index in [1.807, 2.05) is 0 Å². The largest absolute Gasteiger partial charge is 0.281 e. The van der Waals surface area contributed by atoms with Gasteiger partial charge in [0, 0.05) is 10.7 Å². The van der Waals surface area contributed by atoms with Crippen LogP contribution >= 0.6 is 22.3 Å². The number of pyridine rings is 1. The van der Waals surface area contributed by atoms with E-state index in [-0.39, 0.29) is 0 Å². The molecule has 1 aromatic rings. The molecule has 1 aromatic heterocycles. The van der Waals surface area contributed by atoms with Gasteiger partial charge in [-0.25, -0.2) is 22.2 Å². The van der Waals surface area contributed by atoms with E-state index in [0.29, 0.717) is 6.07 Å². The molecule has 86 valence electrons. The normalized spacial score (nSPS) is 11.5. The Morgan fingerprint density at radius 2 is 2.06 bits per heavy atom. The van der Waals surface area contributed by atoms with Gasteiger partial charge in [-0.1, -0.05) is 11.6 Å². The molecule has 1 heterocycles. The van der Waals surface area contributed by atoms with Crippen molar-refractivity contribution < 1.29 is 17.2 Å². The van der Waals surface area contributed by atoms with E-state index in [1.165, 1.54) is 6.07 Å². The highest BCUT2D eigenvalue weighted by Gasteiger charge is 2.23. The molecule has 0 fully saturated rings. The van der Waals surface area contributed by atoms with Crippen LogP contribution in [0.1, 0.15) is 17.8 Å². The van der Waals surface area contributed by atoms with Gasteiger partial charge in [0.05, 0.1) is 5.02 Å². The maximum atomic E-state index is 12.3. The highest BCUT2D eigenvalue weighted by Crippen LogP contribution is 2.29. The van der Waals surface area contributed by atoms with Gasteiger partial charge in [-0.15, -0.1) is 0 Å². The minimum atomic E-state index is -4.25. The van der Waals surface area contributed by atoms with Crippen molar-refractivity contribution in [3.63, 3.8) is 0 Å². The first-order chi connectivity index (χ1) is 7.27. The molecule has 0 bridgehead atoms. The number of aromatic nitrogens is 1. The standard InChI is InChI=1S/C7H2Cl2F2N2O2S/c8-3-1-5(16(9,14)15)4(2-12)13-6(3)7(10)11/h1,7H. The molecule has 1 rings (SSSR count). The molecular weight excluding hydrogens is 285 g/mol. The minimum Gasteiger partial charge on any atom is -0.233 e. The second-order valence-electron chi connectivity index (χ2n) is 2.55. The topological polar surface area (TPSA) is 70.8 Å². The Kier molecular flexibility index (Phi) is 3.68. The van der Waals surface area contributed by atoms with Gasteiger partial charge < -0.3 is 0 Å². The molecule has 16 heavy (non-hydrogen) atoms. The van der Waals surface area contributed by atoms with Gasteiger partial charge in [-0.3, -0.25) is 0 Å². The van der Waals surface area contributed by atoms with Gasteiger partial charge in [-0.2, -0.15) is 5.26 Å². The first-order valence-corrected chi connectivity index (χ1v) is 6.29. The van der Waals surface area contributed by atoms with Crippen LogP contribution in [0.4, 0.5) is 8.78 Å². The van der Waals surface area contributed by atoms with E-state index in [4.69, 9.17) is 27.5 Å². The molecule has 0 N–H and O–H groups in total. The smallest absolute Gasteiger partial charge is 0.233 e. The van der Waals surface area contributed by atoms with Crippen molar-refractivity contribution in [2.24, 2.45) is 0 Å². The first kappa shape index (κ1) is 13.1. The molecular formula is C7H2Cl2F2N2O2S. The Morgan fingerprint density at radius 3 is 2.44 bits per heavy atom. The van der Waals surface area contributed by atoms with Crippen LogP contribution in [-0.2, 0) is 9.05 Å². The molecule has 0 aliphatic rings. The zero-order chi connectivity index (χ0) is 12.5. The third kappa shape index (κ3) is 2.58. The summed E-state index contributed by atoms with van der Waals surface area (Å²) in [5, 5.41) is 7.99. The van der Waals surface area contributed by atoms with E-state index in [1.54, 1.807) is 0 Å². The molecule has 0 amide bonds. The van der Waals surface area contributed by atoms with Gasteiger partial charge >= 0.3 is 0 Å². The van der Waals surface area contributed by atoms with E-state index in [2.05, 4.69) is 4.98 Å². The lowest BCUT2D eigenvalue weighted by molar-refractivity contribution is 0.146. The Balaban J connectivity index is 3.59. The number of hydrogen-bond acceptors (Lipinski definition) is 4. The van der Waals surface area contributed by atoms with Crippen LogP contribution in [0.2, 0.25) is 5.02 Å². The lowest BCUT2D eigenvalue weighted by Gasteiger charge is -2.05. The molecule has 0 spiro atoms. The van der Waals surface area contributed by atoms with Crippen LogP contribution in [-0.4, -0.2) is 13.4 Å². The number of halogens is 4. The lowest BCUT2D eigenvalue weighted by atomic mass is 10.3. The van der Waals surface area contributed by atoms with Gasteiger partial charge in [0.25, 0.3) is 15.5 Å². The highest BCUT2D eigenvalue weighted by atomic mass is 35.7. The third-order valence-corrected chi connectivity index (χ3v) is 3.18. The van der Waals surface area contributed by atoms with Crippen LogP contribution < -0.4 is 0 Å². The van der Waals surface area contributed by atoms with Crippen LogP contribution in [0.3, 0.4) is 0 Å². The van der Waals surface area contributed by atoms with E-state index >= 15 is 0 Å². The fourth-order valence-electron chi connectivity index (χ4n) is 0.905. The molecule has 0 aliphatic heterocycles. The van der Waals surface area contributed by atoms with Gasteiger partial charge in [0.15, 0.2) is 5.69 Å². The molecule has 0 aromatic carbocycles. The molecule has 0 radical (unpaired) electrons. The maximum Gasteiger partial charge on any atom is 0.281 e. The SMILES string of the molecule is N#Cc1nc(C(F)F)c(Cl)cc1S(=O)(=O)Cl. The predicted octanol–water partition coefficient (Wildman–Crippen LogP) is 2.47. The lowest BCUT2D eigenvalue weighted by Crippen LogP contribution is -2.02. The summed E-state index contributed by atoms with van der Waals surface area (Å²) in [6.07, 6.45) is -3.01. The van der Waals surface area contributed by atoms with Crippen molar-refractivity contribution in [3.05, 3.63) is 22.5 Å². The number of nitrogens with zero attached hydrogens (tertiary/aromatic N) is 2. The highest BCUT2D eigenvalue weighted by molar-refractivity contribution is 8.13. The monoisotopic (exact) mass is 286 g/mol. The van der Waals surface area contributed by atoms with Crippen LogP contribution in [0.25, 0.3) is 0 Å². The summed E-state index contributed by atoms with van der Waals surface area (Å²) >= 11 is 5.38. The van der Waals surface area contributed by atoms with Crippen LogP contribution in [0.5, 0.6) is 0 Å². The Labute approximate surface area is 98.8 Å². The van der Waals surface area contributed by atoms with Crippen molar-refractivity contribution in [2.45, 2.75) is 11.3 Å². The second-order valence-corrected chi connectivity index (χ2v) is 5.49. The summed E-state index contributed by atoms with van der Waals surface area (Å²) in [5.41, 5.74) is -1.57. The van der Waals surface area contributed by atoms with Gasteiger partial charge in [0.2, 0.25) is 0 Å². The predicted molar refractivity (Wildman–Crippen MR) is 52.0 cm³/mol. The van der Waals surface area contributed by atoms with Crippen molar-refractivity contribution >= 4 is 31.3 Å². The summed E-state index contributed by atoms with van der Waals surface area (Å²) in [6, 6.07) is 2.04. The molecule has 4 nitrogen and oxygen atoms in total. The molecule has 0 atom stereocenters. The molecule has 9 heteroatoms. The third-order valence-electron chi connectivity index (χ3n) is 1.54. The van der Waals surface area contributed by atoms with Crippen molar-refractivity contribution in [2.75, 3.05) is 0 Å². The van der Waals surface area contributed by atoms with Crippen molar-refractivity contribution in [1.29, 1.82) is 5.26 Å². The molecule has 0 saturated carbocycles. The summed E-state index contributed by atoms with van der Waals surface area (Å²) in [4.78, 5) is 2.46. The zero-order valence-corrected chi connectivity index (χ0v) is 9.61. The van der Waals surface area contributed by atoms with Crippen LogP contribution in [0, 0.1) is 11.3 Å². The summed E-state index contributed by atoms with van der Waals surface area (Å²) in [7, 11) is 0.729. The van der Waals surface area contributed by atoms with Crippen molar-refractivity contribution in [1.82, 2.24) is 4.98 Å². The number of nitriles is 1. The Morgan fingerprint density at radius 1 is 1.50 bits per heavy atom.